The minimum atomic E-state index is -0.524. The van der Waals surface area contributed by atoms with E-state index in [1.165, 1.54) is 22.3 Å². The van der Waals surface area contributed by atoms with Gasteiger partial charge in [0.25, 0.3) is 11.8 Å². The first kappa shape index (κ1) is 42.5. The van der Waals surface area contributed by atoms with Crippen molar-refractivity contribution in [3.05, 3.63) is 214 Å². The summed E-state index contributed by atoms with van der Waals surface area (Å²) in [5.74, 6) is 0.161. The number of aromatic amines is 2. The third-order valence-corrected chi connectivity index (χ3v) is 10.9. The highest BCUT2D eigenvalue weighted by molar-refractivity contribution is 5.94. The molecular weight excluding hydrogens is 801 g/mol. The predicted molar refractivity (Wildman–Crippen MR) is 249 cm³/mol. The standard InChI is InChI=1S/C31H27N3O3.C22H19N3O2/c1-21-17-27-28(20-26(21)24-12-6-3-7-13-24)33-29(32-27)19-23-11-8-14-25(18-23)31(36)34-37-30(35)16-15-22-9-4-2-5-10-22;1-14-10-19-20(13-18(14)16-7-3-2-4-8-16)24-21(23-19)12-15-6-5-9-17(11-15)22(26)25-27/h2-14,17-18,20H,15-16,19H2,1H3,(H,32,33)(H,34,36);2-11,13,27H,12H2,1H3,(H,23,24)(H,25,26). The number of aromatic nitrogens is 4. The average molecular weight is 847 g/mol. The van der Waals surface area contributed by atoms with Crippen LogP contribution in [0.5, 0.6) is 0 Å². The first-order valence-corrected chi connectivity index (χ1v) is 20.9. The Bertz CT molecular complexity index is 3070. The maximum absolute atomic E-state index is 12.6. The first-order valence-electron chi connectivity index (χ1n) is 20.9. The number of aryl methyl sites for hydroxylation is 3. The van der Waals surface area contributed by atoms with Gasteiger partial charge in [-0.15, -0.1) is 0 Å². The van der Waals surface area contributed by atoms with E-state index < -0.39 is 17.8 Å². The summed E-state index contributed by atoms with van der Waals surface area (Å²) in [6.07, 6.45) is 1.84. The van der Waals surface area contributed by atoms with Crippen molar-refractivity contribution in [1.29, 1.82) is 0 Å². The average Bonchev–Trinajstić information content (AvgIpc) is 3.91. The van der Waals surface area contributed by atoms with Crippen LogP contribution in [0.1, 0.15) is 66.6 Å². The van der Waals surface area contributed by atoms with E-state index in [2.05, 4.69) is 77.8 Å². The summed E-state index contributed by atoms with van der Waals surface area (Å²) < 4.78 is 0. The third-order valence-electron chi connectivity index (χ3n) is 10.9. The summed E-state index contributed by atoms with van der Waals surface area (Å²) in [6.45, 7) is 4.19. The van der Waals surface area contributed by atoms with Gasteiger partial charge in [0, 0.05) is 24.0 Å². The number of imidazole rings is 2. The number of amides is 2. The van der Waals surface area contributed by atoms with Crippen LogP contribution < -0.4 is 11.0 Å². The van der Waals surface area contributed by atoms with Crippen LogP contribution in [0.3, 0.4) is 0 Å². The first-order chi connectivity index (χ1) is 31.2. The molecule has 0 spiro atoms. The van der Waals surface area contributed by atoms with E-state index in [4.69, 9.17) is 20.0 Å². The van der Waals surface area contributed by atoms with Crippen molar-refractivity contribution in [1.82, 2.24) is 30.9 Å². The van der Waals surface area contributed by atoms with Crippen LogP contribution in [-0.4, -0.2) is 42.9 Å². The van der Waals surface area contributed by atoms with Crippen molar-refractivity contribution in [2.75, 3.05) is 0 Å². The molecule has 0 saturated carbocycles. The van der Waals surface area contributed by atoms with Gasteiger partial charge in [0.05, 0.1) is 28.5 Å². The fraction of sp³-hybridized carbons (Fsp3) is 0.113. The van der Waals surface area contributed by atoms with Crippen LogP contribution in [0.15, 0.2) is 164 Å². The van der Waals surface area contributed by atoms with Crippen LogP contribution in [0.25, 0.3) is 44.3 Å². The number of nitrogens with one attached hydrogen (secondary N) is 4. The quantitative estimate of drug-likeness (QED) is 0.0639. The van der Waals surface area contributed by atoms with Gasteiger partial charge in [-0.1, -0.05) is 115 Å². The van der Waals surface area contributed by atoms with E-state index in [-0.39, 0.29) is 6.42 Å². The Balaban J connectivity index is 0.000000184. The van der Waals surface area contributed by atoms with Crippen molar-refractivity contribution < 1.29 is 24.4 Å². The third kappa shape index (κ3) is 10.5. The second kappa shape index (κ2) is 19.7. The zero-order valence-electron chi connectivity index (χ0n) is 35.4. The van der Waals surface area contributed by atoms with Crippen LogP contribution in [-0.2, 0) is 28.9 Å². The topological polar surface area (TPSA) is 162 Å². The number of fused-ring (bicyclic) bond motifs is 2. The summed E-state index contributed by atoms with van der Waals surface area (Å²) in [4.78, 5) is 57.4. The molecule has 0 aliphatic heterocycles. The highest BCUT2D eigenvalue weighted by atomic mass is 16.7. The normalized spacial score (nSPS) is 10.9. The summed E-state index contributed by atoms with van der Waals surface area (Å²) in [7, 11) is 0. The Morgan fingerprint density at radius 1 is 0.547 bits per heavy atom. The number of rotatable bonds is 11. The zero-order chi connectivity index (χ0) is 44.4. The van der Waals surface area contributed by atoms with Gasteiger partial charge in [-0.3, -0.25) is 14.8 Å². The number of hydroxylamine groups is 2. The van der Waals surface area contributed by atoms with Crippen LogP contribution >= 0.6 is 0 Å². The summed E-state index contributed by atoms with van der Waals surface area (Å²) in [5, 5.41) is 8.79. The van der Waals surface area contributed by atoms with Crippen LogP contribution in [0.4, 0.5) is 0 Å². The molecule has 0 fully saturated rings. The van der Waals surface area contributed by atoms with Gasteiger partial charge in [0.2, 0.25) is 0 Å². The molecule has 0 atom stereocenters. The number of H-pyrrole nitrogens is 2. The molecule has 11 heteroatoms. The molecule has 2 amide bonds. The Morgan fingerprint density at radius 2 is 1.00 bits per heavy atom. The van der Waals surface area contributed by atoms with Gasteiger partial charge < -0.3 is 14.8 Å². The van der Waals surface area contributed by atoms with Crippen molar-refractivity contribution in [2.24, 2.45) is 0 Å². The molecule has 5 N–H and O–H groups in total. The molecule has 0 aliphatic rings. The molecule has 11 nitrogen and oxygen atoms in total. The summed E-state index contributed by atoms with van der Waals surface area (Å²) in [6, 6.07) is 53.0. The van der Waals surface area contributed by atoms with Crippen molar-refractivity contribution in [3.8, 4) is 22.3 Å². The SMILES string of the molecule is Cc1cc2[nH]c(Cc3cccc(C(=O)NO)c3)nc2cc1-c1ccccc1.Cc1cc2[nH]c(Cc3cccc(C(=O)NOC(=O)CCc4ccccc4)c3)nc2cc1-c1ccccc1. The molecule has 318 valence electrons. The Hall–Kier alpha value is -8.15. The molecule has 9 aromatic rings. The van der Waals surface area contributed by atoms with Crippen molar-refractivity contribution in [3.63, 3.8) is 0 Å². The molecule has 0 aliphatic carbocycles. The minimum Gasteiger partial charge on any atom is -0.342 e. The van der Waals surface area contributed by atoms with Gasteiger partial charge in [-0.05, 0) is 119 Å². The highest BCUT2D eigenvalue weighted by Gasteiger charge is 2.14. The highest BCUT2D eigenvalue weighted by Crippen LogP contribution is 2.29. The molecule has 0 radical (unpaired) electrons. The second-order valence-electron chi connectivity index (χ2n) is 15.6. The largest absolute Gasteiger partial charge is 0.342 e. The lowest BCUT2D eigenvalue weighted by Gasteiger charge is -2.07. The lowest BCUT2D eigenvalue weighted by atomic mass is 10.00. The summed E-state index contributed by atoms with van der Waals surface area (Å²) >= 11 is 0. The fourth-order valence-electron chi connectivity index (χ4n) is 7.66. The maximum atomic E-state index is 12.6. The minimum absolute atomic E-state index is 0.182. The molecule has 2 heterocycles. The monoisotopic (exact) mass is 846 g/mol. The predicted octanol–water partition coefficient (Wildman–Crippen LogP) is 10.2. The van der Waals surface area contributed by atoms with E-state index in [1.807, 2.05) is 84.9 Å². The Labute approximate surface area is 370 Å². The van der Waals surface area contributed by atoms with Crippen molar-refractivity contribution >= 4 is 39.9 Å². The van der Waals surface area contributed by atoms with E-state index in [0.717, 1.165) is 61.5 Å². The smallest absolute Gasteiger partial charge is 0.332 e. The number of benzene rings is 7. The summed E-state index contributed by atoms with van der Waals surface area (Å²) in [5.41, 5.74) is 18.4. The Morgan fingerprint density at radius 3 is 1.48 bits per heavy atom. The number of hydrogen-bond donors (Lipinski definition) is 5. The Kier molecular flexibility index (Phi) is 13.1. The van der Waals surface area contributed by atoms with Gasteiger partial charge in [-0.2, -0.15) is 5.48 Å². The van der Waals surface area contributed by atoms with E-state index in [1.54, 1.807) is 35.8 Å². The molecular formula is C53H46N6O5. The van der Waals surface area contributed by atoms with Crippen LogP contribution in [0, 0.1) is 13.8 Å². The molecule has 0 bridgehead atoms. The number of hydrogen-bond acceptors (Lipinski definition) is 7. The molecule has 64 heavy (non-hydrogen) atoms. The molecule has 9 rings (SSSR count). The van der Waals surface area contributed by atoms with E-state index in [9.17, 15) is 14.4 Å². The van der Waals surface area contributed by atoms with Gasteiger partial charge in [0.15, 0.2) is 0 Å². The van der Waals surface area contributed by atoms with Crippen molar-refractivity contribution in [2.45, 2.75) is 39.5 Å². The lowest BCUT2D eigenvalue weighted by molar-refractivity contribution is -0.148. The van der Waals surface area contributed by atoms with E-state index in [0.29, 0.717) is 30.4 Å². The fourth-order valence-corrected chi connectivity index (χ4v) is 7.66. The van der Waals surface area contributed by atoms with Gasteiger partial charge in [0.1, 0.15) is 11.6 Å². The molecule has 0 unspecified atom stereocenters. The van der Waals surface area contributed by atoms with Crippen LogP contribution in [0.2, 0.25) is 0 Å². The number of carbonyl (C=O) groups excluding carboxylic acids is 3. The number of carbonyl (C=O) groups is 3. The number of nitrogens with zero attached hydrogens (tertiary/aromatic N) is 2. The van der Waals surface area contributed by atoms with Gasteiger partial charge in [-0.25, -0.2) is 20.2 Å². The maximum Gasteiger partial charge on any atom is 0.332 e. The molecule has 0 saturated heterocycles. The second-order valence-corrected chi connectivity index (χ2v) is 15.6. The van der Waals surface area contributed by atoms with E-state index >= 15 is 0 Å². The molecule has 2 aromatic heterocycles. The van der Waals surface area contributed by atoms with Gasteiger partial charge >= 0.3 is 5.97 Å². The molecule has 7 aromatic carbocycles. The zero-order valence-corrected chi connectivity index (χ0v) is 35.4. The lowest BCUT2D eigenvalue weighted by Crippen LogP contribution is -2.27.